The topological polar surface area (TPSA) is 46.2 Å². The van der Waals surface area contributed by atoms with Gasteiger partial charge in [0.15, 0.2) is 0 Å². The largest absolute Gasteiger partial charge is 0.388 e. The van der Waals surface area contributed by atoms with Gasteiger partial charge < -0.3 is 10.8 Å². The van der Waals surface area contributed by atoms with Gasteiger partial charge in [-0.3, -0.25) is 0 Å². The van der Waals surface area contributed by atoms with E-state index in [1.807, 2.05) is 34.3 Å². The van der Waals surface area contributed by atoms with Gasteiger partial charge in [-0.25, -0.2) is 0 Å². The Labute approximate surface area is 97.0 Å². The molecule has 0 aromatic carbocycles. The summed E-state index contributed by atoms with van der Waals surface area (Å²) in [7, 11) is 0. The number of rotatable bonds is 4. The molecule has 0 bridgehead atoms. The van der Waals surface area contributed by atoms with E-state index in [9.17, 15) is 5.11 Å². The van der Waals surface area contributed by atoms with E-state index in [4.69, 9.17) is 5.73 Å². The monoisotopic (exact) mass is 239 g/mol. The number of aliphatic hydroxyl groups is 1. The molecule has 2 atom stereocenters. The number of aliphatic hydroxyl groups excluding tert-OH is 1. The zero-order valence-corrected chi connectivity index (χ0v) is 9.80. The standard InChI is InChI=1S/C11H13NOS2/c12-6-9(10-2-1-4-15-10)11(13)8-3-5-14-7-8/h1-5,7,9,11,13H,6,12H2. The van der Waals surface area contributed by atoms with Crippen molar-refractivity contribution >= 4 is 22.7 Å². The maximum absolute atomic E-state index is 10.2. The van der Waals surface area contributed by atoms with Gasteiger partial charge in [0.2, 0.25) is 0 Å². The summed E-state index contributed by atoms with van der Waals surface area (Å²) in [5.41, 5.74) is 6.68. The molecule has 0 aliphatic rings. The minimum Gasteiger partial charge on any atom is -0.388 e. The van der Waals surface area contributed by atoms with Gasteiger partial charge in [0.1, 0.15) is 0 Å². The highest BCUT2D eigenvalue weighted by atomic mass is 32.1. The Morgan fingerprint density at radius 2 is 2.20 bits per heavy atom. The summed E-state index contributed by atoms with van der Waals surface area (Å²) < 4.78 is 0. The minimum absolute atomic E-state index is 0.0135. The van der Waals surface area contributed by atoms with Crippen molar-refractivity contribution in [1.82, 2.24) is 0 Å². The molecule has 2 rings (SSSR count). The Kier molecular flexibility index (Phi) is 3.53. The van der Waals surface area contributed by atoms with E-state index < -0.39 is 6.10 Å². The van der Waals surface area contributed by atoms with Crippen molar-refractivity contribution in [3.05, 3.63) is 44.8 Å². The molecule has 0 amide bonds. The smallest absolute Gasteiger partial charge is 0.0886 e. The van der Waals surface area contributed by atoms with Crippen molar-refractivity contribution in [3.8, 4) is 0 Å². The summed E-state index contributed by atoms with van der Waals surface area (Å²) in [6, 6.07) is 5.96. The number of thiophene rings is 2. The van der Waals surface area contributed by atoms with E-state index in [1.165, 1.54) is 0 Å². The third-order valence-electron chi connectivity index (χ3n) is 2.43. The van der Waals surface area contributed by atoms with Crippen molar-refractivity contribution < 1.29 is 5.11 Å². The second-order valence-electron chi connectivity index (χ2n) is 3.36. The zero-order valence-electron chi connectivity index (χ0n) is 8.17. The average Bonchev–Trinajstić information content (AvgIpc) is 2.91. The van der Waals surface area contributed by atoms with Gasteiger partial charge in [-0.05, 0) is 33.8 Å². The van der Waals surface area contributed by atoms with E-state index in [1.54, 1.807) is 22.7 Å². The van der Waals surface area contributed by atoms with Crippen molar-refractivity contribution in [2.45, 2.75) is 12.0 Å². The van der Waals surface area contributed by atoms with Crippen LogP contribution in [0.4, 0.5) is 0 Å². The summed E-state index contributed by atoms with van der Waals surface area (Å²) >= 11 is 3.24. The van der Waals surface area contributed by atoms with Crippen LogP contribution in [0.15, 0.2) is 34.3 Å². The molecule has 0 aliphatic heterocycles. The summed E-state index contributed by atoms with van der Waals surface area (Å²) in [5.74, 6) is 0.0135. The Morgan fingerprint density at radius 3 is 2.73 bits per heavy atom. The molecule has 0 radical (unpaired) electrons. The summed E-state index contributed by atoms with van der Waals surface area (Å²) in [5, 5.41) is 16.1. The van der Waals surface area contributed by atoms with Crippen molar-refractivity contribution in [2.75, 3.05) is 6.54 Å². The lowest BCUT2D eigenvalue weighted by atomic mass is 9.96. The predicted octanol–water partition coefficient (Wildman–Crippen LogP) is 2.59. The van der Waals surface area contributed by atoms with Crippen LogP contribution in [0.3, 0.4) is 0 Å². The highest BCUT2D eigenvalue weighted by Crippen LogP contribution is 2.33. The third kappa shape index (κ3) is 2.29. The Balaban J connectivity index is 2.21. The van der Waals surface area contributed by atoms with Crippen LogP contribution in [0, 0.1) is 0 Å². The molecular weight excluding hydrogens is 226 g/mol. The van der Waals surface area contributed by atoms with E-state index in [0.29, 0.717) is 6.54 Å². The van der Waals surface area contributed by atoms with Crippen molar-refractivity contribution in [1.29, 1.82) is 0 Å². The quantitative estimate of drug-likeness (QED) is 0.861. The fraction of sp³-hybridized carbons (Fsp3) is 0.273. The van der Waals surface area contributed by atoms with Crippen molar-refractivity contribution in [3.63, 3.8) is 0 Å². The first-order valence-corrected chi connectivity index (χ1v) is 6.59. The molecule has 2 aromatic heterocycles. The molecule has 0 saturated heterocycles. The normalized spacial score (nSPS) is 15.1. The summed E-state index contributed by atoms with van der Waals surface area (Å²) in [4.78, 5) is 1.15. The van der Waals surface area contributed by atoms with Gasteiger partial charge in [0, 0.05) is 17.3 Å². The first-order chi connectivity index (χ1) is 7.33. The molecule has 0 spiro atoms. The Hall–Kier alpha value is -0.680. The second kappa shape index (κ2) is 4.90. The SMILES string of the molecule is NCC(c1cccs1)C(O)c1ccsc1. The van der Waals surface area contributed by atoms with E-state index in [2.05, 4.69) is 0 Å². The Bertz CT molecular complexity index is 383. The van der Waals surface area contributed by atoms with Crippen LogP contribution >= 0.6 is 22.7 Å². The van der Waals surface area contributed by atoms with Crippen LogP contribution in [0.1, 0.15) is 22.5 Å². The van der Waals surface area contributed by atoms with Crippen LogP contribution in [0.25, 0.3) is 0 Å². The zero-order chi connectivity index (χ0) is 10.7. The van der Waals surface area contributed by atoms with Gasteiger partial charge in [-0.2, -0.15) is 11.3 Å². The minimum atomic E-state index is -0.486. The van der Waals surface area contributed by atoms with E-state index >= 15 is 0 Å². The predicted molar refractivity (Wildman–Crippen MR) is 65.4 cm³/mol. The van der Waals surface area contributed by atoms with E-state index in [-0.39, 0.29) is 5.92 Å². The van der Waals surface area contributed by atoms with Gasteiger partial charge in [0.05, 0.1) is 6.10 Å². The molecule has 0 aliphatic carbocycles. The van der Waals surface area contributed by atoms with Crippen LogP contribution < -0.4 is 5.73 Å². The fourth-order valence-corrected chi connectivity index (χ4v) is 3.14. The van der Waals surface area contributed by atoms with Crippen LogP contribution in [-0.2, 0) is 0 Å². The van der Waals surface area contributed by atoms with Gasteiger partial charge in [-0.1, -0.05) is 6.07 Å². The first kappa shape index (κ1) is 10.8. The third-order valence-corrected chi connectivity index (χ3v) is 4.13. The first-order valence-electron chi connectivity index (χ1n) is 4.76. The number of hydrogen-bond acceptors (Lipinski definition) is 4. The lowest BCUT2D eigenvalue weighted by Gasteiger charge is -2.19. The van der Waals surface area contributed by atoms with Crippen LogP contribution in [0.2, 0.25) is 0 Å². The highest BCUT2D eigenvalue weighted by molar-refractivity contribution is 7.10. The lowest BCUT2D eigenvalue weighted by molar-refractivity contribution is 0.149. The maximum atomic E-state index is 10.2. The molecule has 15 heavy (non-hydrogen) atoms. The van der Waals surface area contributed by atoms with Gasteiger partial charge >= 0.3 is 0 Å². The molecule has 0 fully saturated rings. The number of hydrogen-bond donors (Lipinski definition) is 2. The van der Waals surface area contributed by atoms with Crippen molar-refractivity contribution in [2.24, 2.45) is 5.73 Å². The maximum Gasteiger partial charge on any atom is 0.0886 e. The van der Waals surface area contributed by atoms with Crippen LogP contribution in [0.5, 0.6) is 0 Å². The van der Waals surface area contributed by atoms with E-state index in [0.717, 1.165) is 10.4 Å². The summed E-state index contributed by atoms with van der Waals surface area (Å²) in [6.07, 6.45) is -0.486. The molecule has 2 nitrogen and oxygen atoms in total. The number of nitrogens with two attached hydrogens (primary N) is 1. The fourth-order valence-electron chi connectivity index (χ4n) is 1.58. The molecule has 2 aromatic rings. The molecule has 80 valence electrons. The van der Waals surface area contributed by atoms with Gasteiger partial charge in [0.25, 0.3) is 0 Å². The Morgan fingerprint density at radius 1 is 1.33 bits per heavy atom. The highest BCUT2D eigenvalue weighted by Gasteiger charge is 2.22. The van der Waals surface area contributed by atoms with Gasteiger partial charge in [-0.15, -0.1) is 11.3 Å². The second-order valence-corrected chi connectivity index (χ2v) is 5.12. The lowest BCUT2D eigenvalue weighted by Crippen LogP contribution is -2.18. The summed E-state index contributed by atoms with van der Waals surface area (Å²) in [6.45, 7) is 0.470. The molecule has 3 N–H and O–H groups in total. The molecule has 2 heterocycles. The molecular formula is C11H13NOS2. The molecule has 4 heteroatoms. The molecule has 0 saturated carbocycles. The average molecular weight is 239 g/mol. The van der Waals surface area contributed by atoms with Crippen LogP contribution in [-0.4, -0.2) is 11.7 Å². The molecule has 2 unspecified atom stereocenters.